The number of para-hydroxylation sites is 2. The number of carbonyl (C=O) groups excluding carboxylic acids is 5. The highest BCUT2D eigenvalue weighted by atomic mass is 16.6. The number of benzene rings is 3. The van der Waals surface area contributed by atoms with E-state index in [1.54, 1.807) is 38.1 Å². The molecule has 46 heavy (non-hydrogen) atoms. The van der Waals surface area contributed by atoms with E-state index in [4.69, 9.17) is 9.47 Å². The lowest BCUT2D eigenvalue weighted by molar-refractivity contribution is -0.138. The van der Waals surface area contributed by atoms with Crippen molar-refractivity contribution in [3.63, 3.8) is 0 Å². The molecule has 1 fully saturated rings. The first-order valence-electron chi connectivity index (χ1n) is 14.6. The third-order valence-electron chi connectivity index (χ3n) is 7.81. The molecule has 4 amide bonds. The molecule has 5 rings (SSSR count). The Morgan fingerprint density at radius 1 is 1.00 bits per heavy atom. The van der Waals surface area contributed by atoms with Crippen molar-refractivity contribution in [2.24, 2.45) is 0 Å². The topological polar surface area (TPSA) is 175 Å². The molecule has 2 atom stereocenters. The number of esters is 1. The molecule has 3 aromatic carbocycles. The van der Waals surface area contributed by atoms with Crippen LogP contribution in [0.5, 0.6) is 5.75 Å². The third-order valence-corrected chi connectivity index (χ3v) is 7.81. The summed E-state index contributed by atoms with van der Waals surface area (Å²) in [5.41, 5.74) is 0.837. The van der Waals surface area contributed by atoms with Crippen molar-refractivity contribution >= 4 is 41.0 Å². The first-order valence-corrected chi connectivity index (χ1v) is 14.6. The van der Waals surface area contributed by atoms with Gasteiger partial charge >= 0.3 is 5.97 Å². The summed E-state index contributed by atoms with van der Waals surface area (Å²) >= 11 is 0. The van der Waals surface area contributed by atoms with Crippen molar-refractivity contribution in [1.82, 2.24) is 10.6 Å². The third kappa shape index (κ3) is 6.85. The fourth-order valence-electron chi connectivity index (χ4n) is 5.48. The summed E-state index contributed by atoms with van der Waals surface area (Å²) in [7, 11) is 0. The molecule has 240 valence electrons. The number of cyclic esters (lactones) is 1. The van der Waals surface area contributed by atoms with Crippen molar-refractivity contribution in [2.75, 3.05) is 36.1 Å². The number of fused-ring (bicyclic) bond motifs is 1. The monoisotopic (exact) mass is 630 g/mol. The van der Waals surface area contributed by atoms with Crippen LogP contribution in [0.4, 0.5) is 11.4 Å². The summed E-state index contributed by atoms with van der Waals surface area (Å²) in [5, 5.41) is 25.3. The molecule has 2 aliphatic rings. The Kier molecular flexibility index (Phi) is 9.35. The number of phenols is 1. The van der Waals surface area contributed by atoms with Gasteiger partial charge in [0.1, 0.15) is 31.5 Å². The fourth-order valence-corrected chi connectivity index (χ4v) is 5.48. The van der Waals surface area contributed by atoms with Gasteiger partial charge in [0.05, 0.1) is 30.9 Å². The molecule has 0 spiro atoms. The normalized spacial score (nSPS) is 19.2. The minimum Gasteiger partial charge on any atom is -0.507 e. The average molecular weight is 631 g/mol. The van der Waals surface area contributed by atoms with Gasteiger partial charge in [-0.15, -0.1) is 0 Å². The minimum absolute atomic E-state index is 0.0364. The molecular formula is C33H34N4O9. The zero-order valence-electron chi connectivity index (χ0n) is 25.3. The number of ether oxygens (including phenoxy) is 2. The van der Waals surface area contributed by atoms with Crippen LogP contribution in [-0.4, -0.2) is 77.9 Å². The second-order valence-corrected chi connectivity index (χ2v) is 11.2. The molecule has 0 radical (unpaired) electrons. The van der Waals surface area contributed by atoms with E-state index in [1.807, 2.05) is 30.3 Å². The standard InChI is InChI=1S/C33H34N4O9/c1-20-12-23(13-21(2)30(20)42)31(43)34-24-15-36(28(40)17-38)25-10-6-7-11-26(25)37(32(24)44)16-27(39)35-33(14-29(41)45-19-33)46-18-22-8-4-3-5-9-22/h3-13,24,38,42H,14-19H2,1-2H3,(H,34,43)(H,35,39)/t24-,33-/m0/s1. The van der Waals surface area contributed by atoms with Crippen LogP contribution in [0.25, 0.3) is 0 Å². The first-order chi connectivity index (χ1) is 22.0. The first kappa shape index (κ1) is 32.1. The zero-order chi connectivity index (χ0) is 33.0. The Bertz CT molecular complexity index is 1660. The van der Waals surface area contributed by atoms with Crippen LogP contribution in [0.3, 0.4) is 0 Å². The van der Waals surface area contributed by atoms with Crippen LogP contribution in [0.1, 0.15) is 33.5 Å². The molecule has 13 nitrogen and oxygen atoms in total. The van der Waals surface area contributed by atoms with E-state index in [9.17, 15) is 34.2 Å². The number of hydrogen-bond donors (Lipinski definition) is 4. The Morgan fingerprint density at radius 3 is 2.28 bits per heavy atom. The maximum atomic E-state index is 14.1. The summed E-state index contributed by atoms with van der Waals surface area (Å²) in [4.78, 5) is 68.4. The Morgan fingerprint density at radius 2 is 1.65 bits per heavy atom. The van der Waals surface area contributed by atoms with Gasteiger partial charge in [-0.25, -0.2) is 0 Å². The number of anilines is 2. The molecular weight excluding hydrogens is 596 g/mol. The molecule has 0 aromatic heterocycles. The van der Waals surface area contributed by atoms with Crippen molar-refractivity contribution in [1.29, 1.82) is 0 Å². The van der Waals surface area contributed by atoms with Crippen molar-refractivity contribution < 1.29 is 43.7 Å². The highest BCUT2D eigenvalue weighted by molar-refractivity contribution is 6.11. The molecule has 13 heteroatoms. The molecule has 0 bridgehead atoms. The number of aryl methyl sites for hydroxylation is 2. The number of aliphatic hydroxyl groups excluding tert-OH is 1. The predicted octanol–water partition coefficient (Wildman–Crippen LogP) is 1.46. The molecule has 4 N–H and O–H groups in total. The van der Waals surface area contributed by atoms with E-state index < -0.39 is 54.5 Å². The largest absolute Gasteiger partial charge is 0.507 e. The number of amides is 4. The van der Waals surface area contributed by atoms with Gasteiger partial charge in [-0.1, -0.05) is 42.5 Å². The SMILES string of the molecule is Cc1cc(C(=O)N[C@H]2CN(C(=O)CO)c3ccccc3N(CC(=O)N[C@@]3(OCc4ccccc4)COC(=O)C3)C2=O)cc(C)c1O. The summed E-state index contributed by atoms with van der Waals surface area (Å²) in [6.07, 6.45) is -0.251. The summed E-state index contributed by atoms with van der Waals surface area (Å²) in [6, 6.07) is 17.1. The lowest BCUT2D eigenvalue weighted by Crippen LogP contribution is -2.57. The van der Waals surface area contributed by atoms with Crippen molar-refractivity contribution in [2.45, 2.75) is 38.6 Å². The average Bonchev–Trinajstić information content (AvgIpc) is 3.37. The summed E-state index contributed by atoms with van der Waals surface area (Å²) < 4.78 is 11.1. The highest BCUT2D eigenvalue weighted by Crippen LogP contribution is 2.33. The van der Waals surface area contributed by atoms with Gasteiger partial charge in [0, 0.05) is 5.56 Å². The zero-order valence-corrected chi connectivity index (χ0v) is 25.3. The van der Waals surface area contributed by atoms with Crippen LogP contribution in [0.15, 0.2) is 66.7 Å². The number of rotatable bonds is 9. The maximum absolute atomic E-state index is 14.1. The number of hydrogen-bond acceptors (Lipinski definition) is 9. The lowest BCUT2D eigenvalue weighted by Gasteiger charge is -2.30. The summed E-state index contributed by atoms with van der Waals surface area (Å²) in [6.45, 7) is 1.34. The summed E-state index contributed by atoms with van der Waals surface area (Å²) in [5.74, 6) is -3.29. The van der Waals surface area contributed by atoms with E-state index in [0.29, 0.717) is 11.1 Å². The van der Waals surface area contributed by atoms with Crippen LogP contribution >= 0.6 is 0 Å². The number of aliphatic hydroxyl groups is 1. The molecule has 0 aliphatic carbocycles. The van der Waals surface area contributed by atoms with Gasteiger partial charge < -0.3 is 35.2 Å². The maximum Gasteiger partial charge on any atom is 0.311 e. The number of nitrogens with one attached hydrogen (secondary N) is 2. The fraction of sp³-hybridized carbons (Fsp3) is 0.303. The van der Waals surface area contributed by atoms with Crippen molar-refractivity contribution in [3.05, 3.63) is 89.0 Å². The van der Waals surface area contributed by atoms with Crippen LogP contribution in [0, 0.1) is 13.8 Å². The van der Waals surface area contributed by atoms with Crippen LogP contribution in [-0.2, 0) is 35.3 Å². The van der Waals surface area contributed by atoms with Gasteiger partial charge in [-0.05, 0) is 54.8 Å². The number of carbonyl (C=O) groups is 5. The smallest absolute Gasteiger partial charge is 0.311 e. The van der Waals surface area contributed by atoms with Gasteiger partial charge in [0.15, 0.2) is 5.72 Å². The van der Waals surface area contributed by atoms with Gasteiger partial charge in [-0.3, -0.25) is 28.9 Å². The Balaban J connectivity index is 1.43. The molecule has 0 unspecified atom stereocenters. The quantitative estimate of drug-likeness (QED) is 0.202. The van der Waals surface area contributed by atoms with Crippen LogP contribution < -0.4 is 20.4 Å². The van der Waals surface area contributed by atoms with Gasteiger partial charge in [-0.2, -0.15) is 0 Å². The van der Waals surface area contributed by atoms with Crippen LogP contribution in [0.2, 0.25) is 0 Å². The Hall–Kier alpha value is -5.27. The molecule has 1 saturated heterocycles. The van der Waals surface area contributed by atoms with E-state index in [2.05, 4.69) is 10.6 Å². The van der Waals surface area contributed by atoms with Gasteiger partial charge in [0.25, 0.3) is 17.7 Å². The lowest BCUT2D eigenvalue weighted by atomic mass is 10.0. The van der Waals surface area contributed by atoms with Crippen molar-refractivity contribution in [3.8, 4) is 5.75 Å². The second kappa shape index (κ2) is 13.4. The second-order valence-electron chi connectivity index (χ2n) is 11.2. The number of nitrogens with zero attached hydrogens (tertiary/aromatic N) is 2. The molecule has 0 saturated carbocycles. The van der Waals surface area contributed by atoms with Gasteiger partial charge in [0.2, 0.25) is 5.91 Å². The molecule has 3 aromatic rings. The van der Waals surface area contributed by atoms with E-state index in [1.165, 1.54) is 17.0 Å². The number of aromatic hydroxyl groups is 1. The van der Waals surface area contributed by atoms with E-state index in [-0.39, 0.29) is 48.9 Å². The van der Waals surface area contributed by atoms with E-state index in [0.717, 1.165) is 10.5 Å². The minimum atomic E-state index is -1.49. The van der Waals surface area contributed by atoms with E-state index >= 15 is 0 Å². The number of phenolic OH excluding ortho intramolecular Hbond substituents is 1. The highest BCUT2D eigenvalue weighted by Gasteiger charge is 2.44. The predicted molar refractivity (Wildman–Crippen MR) is 165 cm³/mol. The Labute approximate surface area is 264 Å². The molecule has 2 heterocycles. The molecule has 2 aliphatic heterocycles.